The summed E-state index contributed by atoms with van der Waals surface area (Å²) in [5.74, 6) is 0.499. The van der Waals surface area contributed by atoms with Crippen LogP contribution >= 0.6 is 0 Å². The van der Waals surface area contributed by atoms with Gasteiger partial charge in [-0.2, -0.15) is 17.0 Å². The lowest BCUT2D eigenvalue weighted by molar-refractivity contribution is -0.118. The Hall–Kier alpha value is -0.460. The average Bonchev–Trinajstić information content (AvgIpc) is 2.38. The highest BCUT2D eigenvalue weighted by molar-refractivity contribution is 7.86. The fraction of sp³-hybridized carbons (Fsp3) is 0.929. The summed E-state index contributed by atoms with van der Waals surface area (Å²) in [7, 11) is -3.40. The number of piperidine rings is 2. The van der Waals surface area contributed by atoms with E-state index in [1.54, 1.807) is 15.5 Å². The summed E-state index contributed by atoms with van der Waals surface area (Å²) < 4.78 is 28.9. The van der Waals surface area contributed by atoms with Gasteiger partial charge in [-0.1, -0.05) is 13.3 Å². The average molecular weight is 302 g/mol. The third-order valence-corrected chi connectivity index (χ3v) is 6.40. The number of carbonyl (C=O) groups excluding carboxylic acids is 1. The van der Waals surface area contributed by atoms with Crippen molar-refractivity contribution in [3.63, 3.8) is 0 Å². The molecule has 20 heavy (non-hydrogen) atoms. The summed E-state index contributed by atoms with van der Waals surface area (Å²) in [5.41, 5.74) is 0. The molecule has 0 aromatic rings. The molecule has 0 radical (unpaired) electrons. The molecule has 2 aliphatic rings. The van der Waals surface area contributed by atoms with Crippen LogP contribution < -0.4 is 0 Å². The number of hydrogen-bond acceptors (Lipinski definition) is 3. The molecule has 0 amide bonds. The summed E-state index contributed by atoms with van der Waals surface area (Å²) in [6.45, 7) is 5.44. The predicted octanol–water partition coefficient (Wildman–Crippen LogP) is 1.80. The molecule has 2 atom stereocenters. The number of rotatable bonds is 4. The smallest absolute Gasteiger partial charge is 0.282 e. The number of hydrogen-bond donors (Lipinski definition) is 0. The fourth-order valence-electron chi connectivity index (χ4n) is 3.32. The normalized spacial score (nSPS) is 30.3. The lowest BCUT2D eigenvalue weighted by Crippen LogP contribution is -2.53. The molecule has 2 heterocycles. The number of Topliss-reactive ketones (excluding diaryl/α,β-unsaturated/α-hetero) is 1. The van der Waals surface area contributed by atoms with Gasteiger partial charge in [0.15, 0.2) is 0 Å². The van der Waals surface area contributed by atoms with Crippen LogP contribution in [0, 0.1) is 5.92 Å². The van der Waals surface area contributed by atoms with E-state index < -0.39 is 10.2 Å². The Morgan fingerprint density at radius 3 is 2.55 bits per heavy atom. The van der Waals surface area contributed by atoms with Crippen molar-refractivity contribution in [1.82, 2.24) is 8.61 Å². The van der Waals surface area contributed by atoms with Gasteiger partial charge in [0.05, 0.1) is 0 Å². The zero-order valence-electron chi connectivity index (χ0n) is 12.5. The minimum Gasteiger partial charge on any atom is -0.300 e. The molecule has 0 aliphatic carbocycles. The van der Waals surface area contributed by atoms with Crippen LogP contribution in [0.1, 0.15) is 52.4 Å². The molecule has 0 aromatic carbocycles. The molecule has 0 saturated carbocycles. The van der Waals surface area contributed by atoms with Crippen molar-refractivity contribution in [2.75, 3.05) is 19.6 Å². The van der Waals surface area contributed by atoms with Crippen LogP contribution in [-0.2, 0) is 15.0 Å². The van der Waals surface area contributed by atoms with E-state index in [0.717, 1.165) is 32.1 Å². The highest BCUT2D eigenvalue weighted by Gasteiger charge is 2.38. The molecule has 116 valence electrons. The topological polar surface area (TPSA) is 57.7 Å². The van der Waals surface area contributed by atoms with Crippen molar-refractivity contribution >= 4 is 16.0 Å². The summed E-state index contributed by atoms with van der Waals surface area (Å²) in [5, 5.41) is 0. The first kappa shape index (κ1) is 15.9. The van der Waals surface area contributed by atoms with Crippen LogP contribution in [0.2, 0.25) is 0 Å². The Morgan fingerprint density at radius 2 is 1.90 bits per heavy atom. The highest BCUT2D eigenvalue weighted by Crippen LogP contribution is 2.27. The van der Waals surface area contributed by atoms with Crippen molar-refractivity contribution in [1.29, 1.82) is 0 Å². The van der Waals surface area contributed by atoms with E-state index in [1.807, 2.05) is 0 Å². The van der Waals surface area contributed by atoms with Gasteiger partial charge in [0.2, 0.25) is 0 Å². The van der Waals surface area contributed by atoms with E-state index in [-0.39, 0.29) is 11.8 Å². The quantitative estimate of drug-likeness (QED) is 0.795. The lowest BCUT2D eigenvalue weighted by Gasteiger charge is -2.39. The molecular formula is C14H26N2O3S. The molecule has 2 fully saturated rings. The number of nitrogens with zero attached hydrogens (tertiary/aromatic N) is 2. The first-order valence-corrected chi connectivity index (χ1v) is 9.07. The summed E-state index contributed by atoms with van der Waals surface area (Å²) in [6, 6.07) is -0.136. The molecule has 2 rings (SSSR count). The molecule has 6 heteroatoms. The van der Waals surface area contributed by atoms with Crippen molar-refractivity contribution in [3.05, 3.63) is 0 Å². The summed E-state index contributed by atoms with van der Waals surface area (Å²) >= 11 is 0. The Kier molecular flexibility index (Phi) is 5.20. The van der Waals surface area contributed by atoms with Crippen LogP contribution in [-0.4, -0.2) is 48.5 Å². The molecule has 2 aliphatic heterocycles. The Morgan fingerprint density at radius 1 is 1.15 bits per heavy atom. The zero-order valence-corrected chi connectivity index (χ0v) is 13.4. The van der Waals surface area contributed by atoms with Crippen molar-refractivity contribution in [3.8, 4) is 0 Å². The molecule has 0 spiro atoms. The van der Waals surface area contributed by atoms with E-state index >= 15 is 0 Å². The third-order valence-electron chi connectivity index (χ3n) is 4.34. The Balaban J connectivity index is 2.14. The van der Waals surface area contributed by atoms with Crippen LogP contribution in [0.5, 0.6) is 0 Å². The van der Waals surface area contributed by atoms with Crippen LogP contribution in [0.25, 0.3) is 0 Å². The van der Waals surface area contributed by atoms with E-state index in [0.29, 0.717) is 32.0 Å². The van der Waals surface area contributed by atoms with Gasteiger partial charge >= 0.3 is 0 Å². The maximum Gasteiger partial charge on any atom is 0.282 e. The first-order chi connectivity index (χ1) is 9.41. The van der Waals surface area contributed by atoms with Gasteiger partial charge in [0.25, 0.3) is 10.2 Å². The molecule has 2 saturated heterocycles. The van der Waals surface area contributed by atoms with Gasteiger partial charge < -0.3 is 0 Å². The Bertz CT molecular complexity index is 449. The van der Waals surface area contributed by atoms with Gasteiger partial charge in [-0.3, -0.25) is 4.79 Å². The van der Waals surface area contributed by atoms with E-state index in [2.05, 4.69) is 6.92 Å². The van der Waals surface area contributed by atoms with Crippen molar-refractivity contribution in [2.24, 2.45) is 5.92 Å². The number of ketones is 1. The van der Waals surface area contributed by atoms with Crippen LogP contribution in [0.4, 0.5) is 0 Å². The fourth-order valence-corrected chi connectivity index (χ4v) is 5.33. The van der Waals surface area contributed by atoms with Gasteiger partial charge in [-0.15, -0.1) is 0 Å². The second kappa shape index (κ2) is 6.54. The van der Waals surface area contributed by atoms with E-state index in [1.165, 1.54) is 0 Å². The Labute approximate surface area is 122 Å². The van der Waals surface area contributed by atoms with Gasteiger partial charge in [-0.05, 0) is 38.5 Å². The standard InChI is InChI=1S/C14H26N2O3S/c1-12-6-5-8-15(11-12)20(18,19)16-9-4-3-7-14(16)10-13(2)17/h12,14H,3-11H2,1-2H3. The minimum absolute atomic E-state index is 0.0733. The third kappa shape index (κ3) is 3.59. The zero-order chi connectivity index (χ0) is 14.8. The maximum atomic E-state index is 12.8. The van der Waals surface area contributed by atoms with Crippen molar-refractivity contribution < 1.29 is 13.2 Å². The van der Waals surface area contributed by atoms with Crippen LogP contribution in [0.15, 0.2) is 0 Å². The molecule has 0 bridgehead atoms. The molecule has 0 aromatic heterocycles. The summed E-state index contributed by atoms with van der Waals surface area (Å²) in [4.78, 5) is 11.4. The van der Waals surface area contributed by atoms with Gasteiger partial charge in [0, 0.05) is 32.1 Å². The van der Waals surface area contributed by atoms with Crippen LogP contribution in [0.3, 0.4) is 0 Å². The van der Waals surface area contributed by atoms with Gasteiger partial charge in [-0.25, -0.2) is 0 Å². The predicted molar refractivity (Wildman–Crippen MR) is 78.5 cm³/mol. The minimum atomic E-state index is -3.40. The second-order valence-corrected chi connectivity index (χ2v) is 8.16. The van der Waals surface area contributed by atoms with Crippen molar-refractivity contribution in [2.45, 2.75) is 58.4 Å². The number of carbonyl (C=O) groups is 1. The molecular weight excluding hydrogens is 276 g/mol. The monoisotopic (exact) mass is 302 g/mol. The largest absolute Gasteiger partial charge is 0.300 e. The second-order valence-electron chi connectivity index (χ2n) is 6.28. The SMILES string of the molecule is CC(=O)CC1CCCCN1S(=O)(=O)N1CCCC(C)C1. The lowest BCUT2D eigenvalue weighted by atomic mass is 10.0. The first-order valence-electron chi connectivity index (χ1n) is 7.67. The van der Waals surface area contributed by atoms with Gasteiger partial charge in [0.1, 0.15) is 5.78 Å². The van der Waals surface area contributed by atoms with E-state index in [9.17, 15) is 13.2 Å². The molecule has 5 nitrogen and oxygen atoms in total. The summed E-state index contributed by atoms with van der Waals surface area (Å²) in [6.07, 6.45) is 5.11. The molecule has 2 unspecified atom stereocenters. The highest BCUT2D eigenvalue weighted by atomic mass is 32.2. The molecule has 0 N–H and O–H groups in total. The maximum absolute atomic E-state index is 12.8. The van der Waals surface area contributed by atoms with E-state index in [4.69, 9.17) is 0 Å².